The van der Waals surface area contributed by atoms with E-state index in [1.165, 1.54) is 4.90 Å². The molecule has 0 aromatic heterocycles. The van der Waals surface area contributed by atoms with E-state index in [4.69, 9.17) is 5.26 Å². The molecule has 17 heavy (non-hydrogen) atoms. The summed E-state index contributed by atoms with van der Waals surface area (Å²) in [5.74, 6) is -0.585. The van der Waals surface area contributed by atoms with Gasteiger partial charge in [0.2, 0.25) is 5.91 Å². The molecule has 0 atom stereocenters. The van der Waals surface area contributed by atoms with E-state index in [9.17, 15) is 9.59 Å². The Hall–Kier alpha value is -2.35. The van der Waals surface area contributed by atoms with Crippen molar-refractivity contribution in [2.45, 2.75) is 13.0 Å². The molecule has 1 heterocycles. The van der Waals surface area contributed by atoms with Gasteiger partial charge in [-0.15, -0.1) is 0 Å². The fraction of sp³-hybridized carbons (Fsp3) is 0.250. The lowest BCUT2D eigenvalue weighted by Gasteiger charge is -2.13. The van der Waals surface area contributed by atoms with Crippen LogP contribution in [0.25, 0.3) is 0 Å². The van der Waals surface area contributed by atoms with Crippen molar-refractivity contribution in [1.29, 1.82) is 5.26 Å². The van der Waals surface area contributed by atoms with Crippen LogP contribution in [0, 0.1) is 11.3 Å². The summed E-state index contributed by atoms with van der Waals surface area (Å²) in [4.78, 5) is 23.6. The number of nitriles is 1. The lowest BCUT2D eigenvalue weighted by molar-refractivity contribution is -0.124. The van der Waals surface area contributed by atoms with Gasteiger partial charge in [-0.2, -0.15) is 5.26 Å². The maximum Gasteiger partial charge on any atom is 0.325 e. The Kier molecular flexibility index (Phi) is 2.79. The van der Waals surface area contributed by atoms with Crippen LogP contribution in [0.15, 0.2) is 18.2 Å². The molecular weight excluding hydrogens is 218 g/mol. The largest absolute Gasteiger partial charge is 0.329 e. The molecule has 0 bridgehead atoms. The van der Waals surface area contributed by atoms with Crippen molar-refractivity contribution < 1.29 is 9.59 Å². The normalized spacial score (nSPS) is 12.6. The number of hydrogen-bond donors (Lipinski definition) is 1. The molecule has 5 heteroatoms. The fourth-order valence-electron chi connectivity index (χ4n) is 1.81. The van der Waals surface area contributed by atoms with E-state index >= 15 is 0 Å². The Morgan fingerprint density at radius 3 is 3.06 bits per heavy atom. The second kappa shape index (κ2) is 4.26. The molecule has 5 nitrogen and oxygen atoms in total. The van der Waals surface area contributed by atoms with Gasteiger partial charge in [-0.1, -0.05) is 12.1 Å². The van der Waals surface area contributed by atoms with Crippen LogP contribution in [0.2, 0.25) is 0 Å². The van der Waals surface area contributed by atoms with E-state index < -0.39 is 5.91 Å². The van der Waals surface area contributed by atoms with Crippen molar-refractivity contribution in [2.75, 3.05) is 12.4 Å². The smallest absolute Gasteiger partial charge is 0.325 e. The Morgan fingerprint density at radius 2 is 2.35 bits per heavy atom. The fourth-order valence-corrected chi connectivity index (χ4v) is 1.81. The van der Waals surface area contributed by atoms with Crippen LogP contribution in [-0.4, -0.2) is 23.8 Å². The maximum atomic E-state index is 11.2. The van der Waals surface area contributed by atoms with Crippen molar-refractivity contribution >= 4 is 17.5 Å². The molecule has 86 valence electrons. The third-order valence-electron chi connectivity index (χ3n) is 2.66. The minimum Gasteiger partial charge on any atom is -0.329 e. The Balaban J connectivity index is 2.15. The van der Waals surface area contributed by atoms with E-state index in [-0.39, 0.29) is 5.91 Å². The second-order valence-electron chi connectivity index (χ2n) is 3.99. The number of benzene rings is 1. The highest BCUT2D eigenvalue weighted by Crippen LogP contribution is 2.24. The van der Waals surface area contributed by atoms with Gasteiger partial charge in [0.05, 0.1) is 6.42 Å². The summed E-state index contributed by atoms with van der Waals surface area (Å²) in [5.41, 5.74) is 2.67. The highest BCUT2D eigenvalue weighted by atomic mass is 16.2. The predicted octanol–water partition coefficient (Wildman–Crippen LogP) is 0.663. The van der Waals surface area contributed by atoms with Crippen LogP contribution < -0.4 is 5.32 Å². The van der Waals surface area contributed by atoms with Gasteiger partial charge in [-0.25, -0.2) is 0 Å². The number of anilines is 1. The van der Waals surface area contributed by atoms with Crippen molar-refractivity contribution in [1.82, 2.24) is 4.90 Å². The lowest BCUT2D eigenvalue weighted by Crippen LogP contribution is -2.24. The Bertz CT molecular complexity index is 531. The van der Waals surface area contributed by atoms with Crippen LogP contribution >= 0.6 is 0 Å². The number of hydrogen-bond acceptors (Lipinski definition) is 3. The first-order chi connectivity index (χ1) is 8.10. The lowest BCUT2D eigenvalue weighted by atomic mass is 10.1. The molecule has 1 aliphatic rings. The molecule has 0 unspecified atom stereocenters. The SMILES string of the molecule is CN(Cc1ccc2c(c1)CC(=O)N2)C(=O)C#N. The van der Waals surface area contributed by atoms with Crippen molar-refractivity contribution in [2.24, 2.45) is 0 Å². The molecule has 2 rings (SSSR count). The molecule has 0 fully saturated rings. The van der Waals surface area contributed by atoms with E-state index in [1.54, 1.807) is 13.1 Å². The Morgan fingerprint density at radius 1 is 1.59 bits per heavy atom. The summed E-state index contributed by atoms with van der Waals surface area (Å²) in [7, 11) is 1.57. The summed E-state index contributed by atoms with van der Waals surface area (Å²) >= 11 is 0. The van der Waals surface area contributed by atoms with Crippen molar-refractivity contribution in [3.05, 3.63) is 29.3 Å². The molecule has 0 saturated heterocycles. The van der Waals surface area contributed by atoms with Crippen LogP contribution in [0.4, 0.5) is 5.69 Å². The van der Waals surface area contributed by atoms with Gasteiger partial charge >= 0.3 is 5.91 Å². The first kappa shape index (κ1) is 11.1. The number of amides is 2. The van der Waals surface area contributed by atoms with Gasteiger partial charge in [-0.3, -0.25) is 9.59 Å². The number of carbonyl (C=O) groups excluding carboxylic acids is 2. The molecule has 1 aliphatic heterocycles. The average Bonchev–Trinajstić information content (AvgIpc) is 2.67. The molecule has 2 amide bonds. The summed E-state index contributed by atoms with van der Waals surface area (Å²) < 4.78 is 0. The monoisotopic (exact) mass is 229 g/mol. The molecular formula is C12H11N3O2. The number of nitrogens with one attached hydrogen (secondary N) is 1. The predicted molar refractivity (Wildman–Crippen MR) is 60.9 cm³/mol. The number of rotatable bonds is 2. The zero-order chi connectivity index (χ0) is 12.4. The third-order valence-corrected chi connectivity index (χ3v) is 2.66. The highest BCUT2D eigenvalue weighted by Gasteiger charge is 2.18. The first-order valence-corrected chi connectivity index (χ1v) is 5.17. The summed E-state index contributed by atoms with van der Waals surface area (Å²) in [6.45, 7) is 0.369. The van der Waals surface area contributed by atoms with E-state index in [0.29, 0.717) is 13.0 Å². The van der Waals surface area contributed by atoms with Gasteiger partial charge in [0.25, 0.3) is 0 Å². The number of nitrogens with zero attached hydrogens (tertiary/aromatic N) is 2. The number of carbonyl (C=O) groups is 2. The van der Waals surface area contributed by atoms with E-state index in [2.05, 4.69) is 5.32 Å². The Labute approximate surface area is 98.6 Å². The van der Waals surface area contributed by atoms with E-state index in [0.717, 1.165) is 16.8 Å². The molecule has 1 aromatic carbocycles. The summed E-state index contributed by atoms with van der Waals surface area (Å²) in [6, 6.07) is 7.11. The highest BCUT2D eigenvalue weighted by molar-refractivity contribution is 5.99. The van der Waals surface area contributed by atoms with Gasteiger partial charge in [-0.05, 0) is 17.2 Å². The minimum absolute atomic E-state index is 0.0152. The minimum atomic E-state index is -0.570. The third kappa shape index (κ3) is 2.26. The van der Waals surface area contributed by atoms with Gasteiger partial charge < -0.3 is 10.2 Å². The van der Waals surface area contributed by atoms with E-state index in [1.807, 2.05) is 18.2 Å². The zero-order valence-corrected chi connectivity index (χ0v) is 9.36. The van der Waals surface area contributed by atoms with Crippen LogP contribution in [0.5, 0.6) is 0 Å². The molecule has 1 N–H and O–H groups in total. The van der Waals surface area contributed by atoms with Crippen LogP contribution in [0.1, 0.15) is 11.1 Å². The van der Waals surface area contributed by atoms with Gasteiger partial charge in [0, 0.05) is 19.3 Å². The van der Waals surface area contributed by atoms with Gasteiger partial charge in [0.15, 0.2) is 6.07 Å². The van der Waals surface area contributed by atoms with Gasteiger partial charge in [0.1, 0.15) is 0 Å². The molecule has 0 radical (unpaired) electrons. The van der Waals surface area contributed by atoms with Crippen molar-refractivity contribution in [3.8, 4) is 6.07 Å². The van der Waals surface area contributed by atoms with Crippen LogP contribution in [-0.2, 0) is 22.6 Å². The maximum absolute atomic E-state index is 11.2. The number of fused-ring (bicyclic) bond motifs is 1. The molecule has 0 saturated carbocycles. The topological polar surface area (TPSA) is 73.2 Å². The summed E-state index contributed by atoms with van der Waals surface area (Å²) in [6.07, 6.45) is 0.374. The quantitative estimate of drug-likeness (QED) is 0.757. The van der Waals surface area contributed by atoms with Crippen molar-refractivity contribution in [3.63, 3.8) is 0 Å². The van der Waals surface area contributed by atoms with Crippen LogP contribution in [0.3, 0.4) is 0 Å². The zero-order valence-electron chi connectivity index (χ0n) is 9.36. The second-order valence-corrected chi connectivity index (χ2v) is 3.99. The standard InChI is InChI=1S/C12H11N3O2/c1-15(12(17)6-13)7-8-2-3-10-9(4-8)5-11(16)14-10/h2-4H,5,7H2,1H3,(H,14,16). The first-order valence-electron chi connectivity index (χ1n) is 5.17. The summed E-state index contributed by atoms with van der Waals surface area (Å²) in [5, 5.41) is 11.2. The average molecular weight is 229 g/mol. The molecule has 0 spiro atoms. The molecule has 0 aliphatic carbocycles. The molecule has 1 aromatic rings.